The first-order valence-corrected chi connectivity index (χ1v) is 3.98. The van der Waals surface area contributed by atoms with E-state index in [1.165, 1.54) is 5.56 Å². The molecule has 0 fully saturated rings. The molecule has 0 spiro atoms. The van der Waals surface area contributed by atoms with E-state index in [0.29, 0.717) is 5.92 Å². The molecule has 1 unspecified atom stereocenters. The van der Waals surface area contributed by atoms with Crippen molar-refractivity contribution < 1.29 is 0 Å². The zero-order valence-corrected chi connectivity index (χ0v) is 7.41. The maximum atomic E-state index is 5.94. The summed E-state index contributed by atoms with van der Waals surface area (Å²) in [5.74, 6) is 0.511. The molecule has 11 heavy (non-hydrogen) atoms. The highest BCUT2D eigenvalue weighted by atomic mass is 14.9. The third kappa shape index (κ3) is 1.84. The Morgan fingerprint density at radius 3 is 2.45 bits per heavy atom. The lowest BCUT2D eigenvalue weighted by molar-refractivity contribution is 0.514. The van der Waals surface area contributed by atoms with Crippen molar-refractivity contribution in [2.24, 2.45) is 18.7 Å². The minimum Gasteiger partial charge on any atom is -0.357 e. The molecule has 0 aliphatic heterocycles. The highest BCUT2D eigenvalue weighted by Crippen LogP contribution is 2.17. The lowest BCUT2D eigenvalue weighted by atomic mass is 10.00. The van der Waals surface area contributed by atoms with Crippen LogP contribution < -0.4 is 5.73 Å². The molecule has 1 atom stereocenters. The minimum absolute atomic E-state index is 0.177. The average Bonchev–Trinajstić information content (AvgIpc) is 2.34. The molecule has 0 radical (unpaired) electrons. The van der Waals surface area contributed by atoms with Crippen molar-refractivity contribution in [2.75, 3.05) is 0 Å². The van der Waals surface area contributed by atoms with Crippen molar-refractivity contribution in [3.8, 4) is 0 Å². The lowest BCUT2D eigenvalue weighted by Gasteiger charge is -2.13. The Bertz CT molecular complexity index is 225. The van der Waals surface area contributed by atoms with Crippen molar-refractivity contribution in [2.45, 2.75) is 19.9 Å². The Hall–Kier alpha value is -0.760. The van der Waals surface area contributed by atoms with Crippen LogP contribution in [-0.4, -0.2) is 4.57 Å². The van der Waals surface area contributed by atoms with Gasteiger partial charge in [-0.15, -0.1) is 0 Å². The zero-order chi connectivity index (χ0) is 8.43. The summed E-state index contributed by atoms with van der Waals surface area (Å²) in [4.78, 5) is 0. The maximum Gasteiger partial charge on any atom is 0.0333 e. The molecule has 62 valence electrons. The third-order valence-corrected chi connectivity index (χ3v) is 1.96. The van der Waals surface area contributed by atoms with Crippen LogP contribution in [0.1, 0.15) is 25.5 Å². The number of hydrogen-bond acceptors (Lipinski definition) is 1. The zero-order valence-electron chi connectivity index (χ0n) is 7.41. The molecule has 0 amide bonds. The topological polar surface area (TPSA) is 30.9 Å². The van der Waals surface area contributed by atoms with Crippen LogP contribution in [0.15, 0.2) is 18.5 Å². The van der Waals surface area contributed by atoms with Gasteiger partial charge in [-0.25, -0.2) is 0 Å². The highest BCUT2D eigenvalue weighted by Gasteiger charge is 2.10. The normalized spacial score (nSPS) is 13.9. The van der Waals surface area contributed by atoms with E-state index in [0.717, 1.165) is 0 Å². The van der Waals surface area contributed by atoms with E-state index >= 15 is 0 Å². The summed E-state index contributed by atoms with van der Waals surface area (Å²) in [6, 6.07) is 2.25. The van der Waals surface area contributed by atoms with E-state index in [1.54, 1.807) is 0 Å². The van der Waals surface area contributed by atoms with Crippen LogP contribution in [-0.2, 0) is 7.05 Å². The Morgan fingerprint density at radius 2 is 2.09 bits per heavy atom. The predicted molar refractivity (Wildman–Crippen MR) is 47.2 cm³/mol. The van der Waals surface area contributed by atoms with Gasteiger partial charge in [-0.3, -0.25) is 0 Å². The standard InChI is InChI=1S/C9H16N2/c1-7(2)9(10)8-4-5-11(3)6-8/h4-7,9H,10H2,1-3H3. The maximum absolute atomic E-state index is 5.94. The van der Waals surface area contributed by atoms with Gasteiger partial charge in [0.25, 0.3) is 0 Å². The molecule has 2 nitrogen and oxygen atoms in total. The molecule has 1 heterocycles. The van der Waals surface area contributed by atoms with Crippen LogP contribution in [0.25, 0.3) is 0 Å². The number of rotatable bonds is 2. The Balaban J connectivity index is 2.76. The molecule has 1 rings (SSSR count). The number of nitrogens with two attached hydrogens (primary N) is 1. The fraction of sp³-hybridized carbons (Fsp3) is 0.556. The second-order valence-corrected chi connectivity index (χ2v) is 3.38. The van der Waals surface area contributed by atoms with Crippen LogP contribution in [0.4, 0.5) is 0 Å². The first-order chi connectivity index (χ1) is 5.11. The van der Waals surface area contributed by atoms with E-state index < -0.39 is 0 Å². The lowest BCUT2D eigenvalue weighted by Crippen LogP contribution is -2.15. The summed E-state index contributed by atoms with van der Waals surface area (Å²) in [6.45, 7) is 4.27. The Kier molecular flexibility index (Phi) is 2.35. The first kappa shape index (κ1) is 8.34. The molecule has 0 saturated carbocycles. The van der Waals surface area contributed by atoms with Crippen molar-refractivity contribution in [1.29, 1.82) is 0 Å². The molecule has 0 saturated heterocycles. The second kappa shape index (κ2) is 3.09. The molecule has 1 aromatic rings. The van der Waals surface area contributed by atoms with E-state index in [-0.39, 0.29) is 6.04 Å². The van der Waals surface area contributed by atoms with E-state index in [9.17, 15) is 0 Å². The number of aromatic nitrogens is 1. The highest BCUT2D eigenvalue weighted by molar-refractivity contribution is 5.14. The first-order valence-electron chi connectivity index (χ1n) is 3.98. The van der Waals surface area contributed by atoms with Gasteiger partial charge in [0.2, 0.25) is 0 Å². The van der Waals surface area contributed by atoms with Gasteiger partial charge in [0.15, 0.2) is 0 Å². The van der Waals surface area contributed by atoms with Gasteiger partial charge in [0, 0.05) is 25.5 Å². The monoisotopic (exact) mass is 152 g/mol. The van der Waals surface area contributed by atoms with Crippen LogP contribution >= 0.6 is 0 Å². The molecule has 0 bridgehead atoms. The summed E-state index contributed by atoms with van der Waals surface area (Å²) >= 11 is 0. The Morgan fingerprint density at radius 1 is 1.45 bits per heavy atom. The summed E-state index contributed by atoms with van der Waals surface area (Å²) in [7, 11) is 2.01. The van der Waals surface area contributed by atoms with Crippen LogP contribution in [0.5, 0.6) is 0 Å². The molecule has 0 aliphatic rings. The van der Waals surface area contributed by atoms with Gasteiger partial charge in [-0.2, -0.15) is 0 Å². The molecule has 1 aromatic heterocycles. The van der Waals surface area contributed by atoms with Gasteiger partial charge in [0.05, 0.1) is 0 Å². The predicted octanol–water partition coefficient (Wildman–Crippen LogP) is 1.68. The Labute approximate surface area is 68.0 Å². The summed E-state index contributed by atoms with van der Waals surface area (Å²) in [5.41, 5.74) is 7.16. The van der Waals surface area contributed by atoms with Gasteiger partial charge in [0.1, 0.15) is 0 Å². The van der Waals surface area contributed by atoms with Gasteiger partial charge in [-0.05, 0) is 17.5 Å². The molecular formula is C9H16N2. The van der Waals surface area contributed by atoms with Crippen LogP contribution in [0, 0.1) is 5.92 Å². The number of nitrogens with zero attached hydrogens (tertiary/aromatic N) is 1. The molecule has 0 aromatic carbocycles. The van der Waals surface area contributed by atoms with E-state index in [2.05, 4.69) is 26.1 Å². The number of aryl methyl sites for hydroxylation is 1. The molecular weight excluding hydrogens is 136 g/mol. The summed E-state index contributed by atoms with van der Waals surface area (Å²) < 4.78 is 2.03. The minimum atomic E-state index is 0.177. The van der Waals surface area contributed by atoms with Gasteiger partial charge >= 0.3 is 0 Å². The average molecular weight is 152 g/mol. The third-order valence-electron chi connectivity index (χ3n) is 1.96. The van der Waals surface area contributed by atoms with E-state index in [4.69, 9.17) is 5.73 Å². The van der Waals surface area contributed by atoms with Crippen molar-refractivity contribution in [1.82, 2.24) is 4.57 Å². The van der Waals surface area contributed by atoms with Crippen molar-refractivity contribution >= 4 is 0 Å². The fourth-order valence-corrected chi connectivity index (χ4v) is 1.11. The summed E-state index contributed by atoms with van der Waals surface area (Å²) in [6.07, 6.45) is 4.10. The quantitative estimate of drug-likeness (QED) is 0.686. The summed E-state index contributed by atoms with van der Waals surface area (Å²) in [5, 5.41) is 0. The molecule has 2 heteroatoms. The molecule has 0 aliphatic carbocycles. The smallest absolute Gasteiger partial charge is 0.0333 e. The SMILES string of the molecule is CC(C)C(N)c1ccn(C)c1. The fourth-order valence-electron chi connectivity index (χ4n) is 1.11. The van der Waals surface area contributed by atoms with Gasteiger partial charge in [-0.1, -0.05) is 13.8 Å². The van der Waals surface area contributed by atoms with Crippen molar-refractivity contribution in [3.05, 3.63) is 24.0 Å². The van der Waals surface area contributed by atoms with Crippen LogP contribution in [0.2, 0.25) is 0 Å². The largest absolute Gasteiger partial charge is 0.357 e. The second-order valence-electron chi connectivity index (χ2n) is 3.38. The van der Waals surface area contributed by atoms with Crippen molar-refractivity contribution in [3.63, 3.8) is 0 Å². The number of hydrogen-bond donors (Lipinski definition) is 1. The van der Waals surface area contributed by atoms with Crippen LogP contribution in [0.3, 0.4) is 0 Å². The van der Waals surface area contributed by atoms with E-state index in [1.807, 2.05) is 17.8 Å². The van der Waals surface area contributed by atoms with Gasteiger partial charge < -0.3 is 10.3 Å². The molecule has 2 N–H and O–H groups in total.